The van der Waals surface area contributed by atoms with Gasteiger partial charge in [0.2, 0.25) is 0 Å². The van der Waals surface area contributed by atoms with E-state index in [1.54, 1.807) is 6.07 Å². The van der Waals surface area contributed by atoms with Crippen molar-refractivity contribution in [3.05, 3.63) is 59.0 Å². The van der Waals surface area contributed by atoms with Crippen LogP contribution in [0.1, 0.15) is 16.8 Å². The predicted molar refractivity (Wildman–Crippen MR) is 129 cm³/mol. The molecule has 0 radical (unpaired) electrons. The number of carboxylic acid groups (broad SMARTS) is 1. The predicted octanol–water partition coefficient (Wildman–Crippen LogP) is 5.10. The van der Waals surface area contributed by atoms with Crippen LogP contribution in [0.5, 0.6) is 0 Å². The minimum absolute atomic E-state index is 0.225. The van der Waals surface area contributed by atoms with Gasteiger partial charge >= 0.3 is 5.97 Å². The molecule has 164 valence electrons. The van der Waals surface area contributed by atoms with E-state index in [4.69, 9.17) is 4.98 Å². The highest BCUT2D eigenvalue weighted by molar-refractivity contribution is 8.16. The Morgan fingerprint density at radius 2 is 2.06 bits per heavy atom. The maximum absolute atomic E-state index is 13.5. The molecule has 2 aromatic carbocycles. The molecule has 1 unspecified atom stereocenters. The van der Waals surface area contributed by atoms with Crippen LogP contribution in [0.3, 0.4) is 0 Å². The average Bonchev–Trinajstić information content (AvgIpc) is 3.46. The molecule has 3 N–H and O–H groups in total. The largest absolute Gasteiger partial charge is 0.479 e. The van der Waals surface area contributed by atoms with Crippen LogP contribution in [-0.4, -0.2) is 48.1 Å². The van der Waals surface area contributed by atoms with Crippen molar-refractivity contribution >= 4 is 56.5 Å². The molecule has 0 amide bonds. The molecule has 1 atom stereocenters. The summed E-state index contributed by atoms with van der Waals surface area (Å²) in [6, 6.07) is 10.5. The first-order valence-electron chi connectivity index (χ1n) is 10.1. The lowest BCUT2D eigenvalue weighted by molar-refractivity contribution is -0.142. The van der Waals surface area contributed by atoms with E-state index < -0.39 is 11.5 Å². The normalized spacial score (nSPS) is 18.5. The van der Waals surface area contributed by atoms with Crippen LogP contribution in [0.25, 0.3) is 21.9 Å². The molecule has 9 heteroatoms. The molecule has 6 nitrogen and oxygen atoms in total. The molecule has 1 aliphatic heterocycles. The molecule has 2 aromatic heterocycles. The summed E-state index contributed by atoms with van der Waals surface area (Å²) in [6.45, 7) is 4.12. The summed E-state index contributed by atoms with van der Waals surface area (Å²) in [6.07, 6.45) is 0.225. The Hall–Kier alpha value is -2.78. The minimum Gasteiger partial charge on any atom is -0.479 e. The number of fused-ring (bicyclic) bond motifs is 2. The molecular weight excluding hydrogens is 447 g/mol. The molecule has 32 heavy (non-hydrogen) atoms. The number of halogens is 1. The SMILES string of the molecule is Cc1ccc2[nH]c(SCC3=NC(Cc4cc5ccc(F)cc5[nH]4)(C(=O)O)CS3)nc2c1C. The number of benzene rings is 2. The third kappa shape index (κ3) is 3.80. The number of aliphatic imine (C=N–C) groups is 1. The van der Waals surface area contributed by atoms with Gasteiger partial charge in [0.1, 0.15) is 5.82 Å². The second-order valence-electron chi connectivity index (χ2n) is 8.07. The lowest BCUT2D eigenvalue weighted by Gasteiger charge is -2.19. The first kappa shape index (κ1) is 21.1. The highest BCUT2D eigenvalue weighted by Crippen LogP contribution is 2.34. The number of hydrogen-bond donors (Lipinski definition) is 3. The number of thioether (sulfide) groups is 2. The number of carboxylic acids is 1. The van der Waals surface area contributed by atoms with E-state index >= 15 is 0 Å². The number of rotatable bonds is 6. The molecule has 0 spiro atoms. The van der Waals surface area contributed by atoms with Crippen molar-refractivity contribution in [3.63, 3.8) is 0 Å². The molecular formula is C23H21FN4O2S2. The topological polar surface area (TPSA) is 94.1 Å². The van der Waals surface area contributed by atoms with Gasteiger partial charge in [0.15, 0.2) is 10.7 Å². The number of imidazole rings is 1. The number of hydrogen-bond acceptors (Lipinski definition) is 5. The van der Waals surface area contributed by atoms with Crippen LogP contribution in [0.2, 0.25) is 0 Å². The van der Waals surface area contributed by atoms with Gasteiger partial charge in [0.05, 0.1) is 16.1 Å². The van der Waals surface area contributed by atoms with Gasteiger partial charge < -0.3 is 15.1 Å². The van der Waals surface area contributed by atoms with Crippen LogP contribution in [0.4, 0.5) is 4.39 Å². The number of aromatic nitrogens is 3. The zero-order chi connectivity index (χ0) is 22.5. The molecule has 0 fully saturated rings. The second kappa shape index (κ2) is 7.97. The van der Waals surface area contributed by atoms with Crippen LogP contribution in [-0.2, 0) is 11.2 Å². The molecule has 4 aromatic rings. The molecule has 1 aliphatic rings. The van der Waals surface area contributed by atoms with E-state index in [0.717, 1.165) is 37.9 Å². The summed E-state index contributed by atoms with van der Waals surface area (Å²) < 4.78 is 13.5. The fraction of sp³-hybridized carbons (Fsp3) is 0.261. The fourth-order valence-electron chi connectivity index (χ4n) is 3.91. The van der Waals surface area contributed by atoms with Crippen LogP contribution in [0.15, 0.2) is 46.5 Å². The summed E-state index contributed by atoms with van der Waals surface area (Å²) in [5, 5.41) is 12.4. The zero-order valence-corrected chi connectivity index (χ0v) is 19.2. The molecule has 0 saturated heterocycles. The van der Waals surface area contributed by atoms with Gasteiger partial charge in [-0.15, -0.1) is 11.8 Å². The van der Waals surface area contributed by atoms with Gasteiger partial charge in [-0.25, -0.2) is 14.2 Å². The summed E-state index contributed by atoms with van der Waals surface area (Å²) in [4.78, 5) is 28.0. The van der Waals surface area contributed by atoms with Gasteiger partial charge in [-0.3, -0.25) is 4.99 Å². The third-order valence-corrected chi connectivity index (χ3v) is 8.08. The summed E-state index contributed by atoms with van der Waals surface area (Å²) in [5.41, 5.74) is 4.45. The summed E-state index contributed by atoms with van der Waals surface area (Å²) in [7, 11) is 0. The quantitative estimate of drug-likeness (QED) is 0.342. The molecule has 3 heterocycles. The van der Waals surface area contributed by atoms with Gasteiger partial charge in [0.25, 0.3) is 0 Å². The van der Waals surface area contributed by atoms with Crippen molar-refractivity contribution in [2.24, 2.45) is 4.99 Å². The monoisotopic (exact) mass is 468 g/mol. The van der Waals surface area contributed by atoms with E-state index in [1.165, 1.54) is 41.2 Å². The first-order valence-corrected chi connectivity index (χ1v) is 12.1. The number of carbonyl (C=O) groups is 1. The van der Waals surface area contributed by atoms with Crippen molar-refractivity contribution in [3.8, 4) is 0 Å². The first-order chi connectivity index (χ1) is 15.3. The molecule has 0 aliphatic carbocycles. The Kier molecular flexibility index (Phi) is 5.25. The van der Waals surface area contributed by atoms with Gasteiger partial charge in [0, 0.05) is 29.1 Å². The third-order valence-electron chi connectivity index (χ3n) is 5.83. The van der Waals surface area contributed by atoms with E-state index in [9.17, 15) is 14.3 Å². The number of aryl methyl sites for hydroxylation is 2. The van der Waals surface area contributed by atoms with Gasteiger partial charge in [-0.1, -0.05) is 17.8 Å². The number of nitrogens with zero attached hydrogens (tertiary/aromatic N) is 2. The van der Waals surface area contributed by atoms with Crippen molar-refractivity contribution in [2.75, 3.05) is 11.5 Å². The Labute approximate surface area is 192 Å². The summed E-state index contributed by atoms with van der Waals surface area (Å²) in [5.74, 6) is -0.372. The lowest BCUT2D eigenvalue weighted by Crippen LogP contribution is -2.39. The molecule has 0 bridgehead atoms. The average molecular weight is 469 g/mol. The van der Waals surface area contributed by atoms with Crippen molar-refractivity contribution < 1.29 is 14.3 Å². The van der Waals surface area contributed by atoms with Gasteiger partial charge in [-0.2, -0.15) is 0 Å². The second-order valence-corrected chi connectivity index (χ2v) is 10.1. The number of H-pyrrole nitrogens is 2. The standard InChI is InChI=1S/C23H21FN4O2S2/c1-12-3-6-17-20(13(12)2)27-22(26-17)31-10-19-28-23(11-32-19,21(29)30)9-16-7-14-4-5-15(24)8-18(14)25-16/h3-8,25H,9-11H2,1-2H3,(H,26,27)(H,29,30). The van der Waals surface area contributed by atoms with E-state index in [-0.39, 0.29) is 12.2 Å². The Morgan fingerprint density at radius 1 is 1.22 bits per heavy atom. The van der Waals surface area contributed by atoms with E-state index in [1.807, 2.05) is 12.1 Å². The van der Waals surface area contributed by atoms with Crippen molar-refractivity contribution in [1.82, 2.24) is 15.0 Å². The fourth-order valence-corrected chi connectivity index (χ4v) is 6.02. The zero-order valence-electron chi connectivity index (χ0n) is 17.5. The van der Waals surface area contributed by atoms with Crippen LogP contribution in [0, 0.1) is 19.7 Å². The highest BCUT2D eigenvalue weighted by atomic mass is 32.2. The van der Waals surface area contributed by atoms with Crippen LogP contribution < -0.4 is 0 Å². The maximum atomic E-state index is 13.5. The minimum atomic E-state index is -1.23. The lowest BCUT2D eigenvalue weighted by atomic mass is 9.96. The smallest absolute Gasteiger partial charge is 0.332 e. The number of aromatic amines is 2. The Morgan fingerprint density at radius 3 is 2.88 bits per heavy atom. The van der Waals surface area contributed by atoms with E-state index in [0.29, 0.717) is 17.0 Å². The van der Waals surface area contributed by atoms with Gasteiger partial charge in [-0.05, 0) is 60.7 Å². The van der Waals surface area contributed by atoms with E-state index in [2.05, 4.69) is 34.9 Å². The Balaban J connectivity index is 1.35. The molecule has 5 rings (SSSR count). The number of aliphatic carboxylic acids is 1. The van der Waals surface area contributed by atoms with Crippen molar-refractivity contribution in [1.29, 1.82) is 0 Å². The van der Waals surface area contributed by atoms with Crippen molar-refractivity contribution in [2.45, 2.75) is 31.0 Å². The summed E-state index contributed by atoms with van der Waals surface area (Å²) >= 11 is 2.99. The number of nitrogens with one attached hydrogen (secondary N) is 2. The Bertz CT molecular complexity index is 1390. The van der Waals surface area contributed by atoms with Crippen LogP contribution >= 0.6 is 23.5 Å². The molecule has 0 saturated carbocycles. The maximum Gasteiger partial charge on any atom is 0.332 e. The highest BCUT2D eigenvalue weighted by Gasteiger charge is 2.43.